The maximum atomic E-state index is 13.1. The number of nitrogens with zero attached hydrogens (tertiary/aromatic N) is 3. The average molecular weight is 428 g/mol. The lowest BCUT2D eigenvalue weighted by Gasteiger charge is -2.18. The van der Waals surface area contributed by atoms with Gasteiger partial charge in [-0.25, -0.2) is 23.8 Å². The molecule has 0 spiro atoms. The van der Waals surface area contributed by atoms with Gasteiger partial charge in [-0.3, -0.25) is 13.9 Å². The molecule has 1 saturated carbocycles. The number of alkyl halides is 2. The minimum absolute atomic E-state index is 0.174. The van der Waals surface area contributed by atoms with Crippen LogP contribution in [0, 0.1) is 6.92 Å². The predicted molar refractivity (Wildman–Crippen MR) is 106 cm³/mol. The number of rotatable bonds is 5. The van der Waals surface area contributed by atoms with Gasteiger partial charge in [0.25, 0.3) is 12.0 Å². The van der Waals surface area contributed by atoms with E-state index in [2.05, 4.69) is 10.5 Å². The number of nitrogens with one attached hydrogen (secondary N) is 1. The second-order valence-corrected chi connectivity index (χ2v) is 8.86. The molecule has 158 valence electrons. The number of carbonyl (C=O) groups excluding carboxylic acids is 1. The van der Waals surface area contributed by atoms with Crippen molar-refractivity contribution in [3.8, 4) is 0 Å². The summed E-state index contributed by atoms with van der Waals surface area (Å²) in [5, 5.41) is 4.03. The first-order chi connectivity index (χ1) is 13.5. The number of amides is 1. The highest BCUT2D eigenvalue weighted by Crippen LogP contribution is 2.34. The highest BCUT2D eigenvalue weighted by atomic mass is 32.1. The Bertz CT molecular complexity index is 1090. The zero-order chi connectivity index (χ0) is 21.5. The van der Waals surface area contributed by atoms with Crippen LogP contribution >= 0.6 is 11.3 Å². The molecule has 2 aromatic rings. The molecule has 3 rings (SSSR count). The number of fused-ring (bicyclic) bond motifs is 1. The molecule has 0 saturated heterocycles. The van der Waals surface area contributed by atoms with Gasteiger partial charge in [0.05, 0.1) is 23.0 Å². The van der Waals surface area contributed by atoms with Crippen LogP contribution in [0.25, 0.3) is 10.2 Å². The molecular weight excluding hydrogens is 406 g/mol. The Morgan fingerprint density at radius 1 is 1.38 bits per heavy atom. The molecule has 0 unspecified atom stereocenters. The molecule has 0 aliphatic heterocycles. The number of hydrazone groups is 1. The summed E-state index contributed by atoms with van der Waals surface area (Å²) in [7, 11) is 0. The van der Waals surface area contributed by atoms with Crippen molar-refractivity contribution in [2.45, 2.75) is 65.1 Å². The summed E-state index contributed by atoms with van der Waals surface area (Å²) in [6, 6.07) is -0.242. The van der Waals surface area contributed by atoms with Crippen molar-refractivity contribution in [1.29, 1.82) is 0 Å². The second kappa shape index (κ2) is 7.69. The van der Waals surface area contributed by atoms with Crippen LogP contribution in [0.2, 0.25) is 0 Å². The number of ether oxygens (including phenoxy) is 1. The van der Waals surface area contributed by atoms with E-state index in [1.54, 1.807) is 27.7 Å². The first-order valence-electron chi connectivity index (χ1n) is 9.08. The lowest BCUT2D eigenvalue weighted by molar-refractivity contribution is 0.0529. The minimum atomic E-state index is -2.74. The van der Waals surface area contributed by atoms with Crippen LogP contribution in [0.15, 0.2) is 14.7 Å². The molecule has 1 amide bonds. The molecule has 29 heavy (non-hydrogen) atoms. The van der Waals surface area contributed by atoms with Gasteiger partial charge in [0.1, 0.15) is 10.4 Å². The van der Waals surface area contributed by atoms with E-state index in [4.69, 9.17) is 4.74 Å². The molecule has 1 aliphatic rings. The Balaban J connectivity index is 2.03. The third kappa shape index (κ3) is 4.55. The number of aryl methyl sites for hydroxylation is 1. The van der Waals surface area contributed by atoms with E-state index < -0.39 is 35.9 Å². The van der Waals surface area contributed by atoms with Crippen LogP contribution < -0.4 is 16.7 Å². The van der Waals surface area contributed by atoms with Crippen molar-refractivity contribution in [3.05, 3.63) is 31.3 Å². The topological polar surface area (TPSA) is 94.7 Å². The number of hydrogen-bond donors (Lipinski definition) is 1. The molecule has 1 fully saturated rings. The number of aromatic nitrogens is 2. The van der Waals surface area contributed by atoms with Gasteiger partial charge >= 0.3 is 11.8 Å². The molecule has 0 radical (unpaired) electrons. The fourth-order valence-corrected chi connectivity index (χ4v) is 4.08. The highest BCUT2D eigenvalue weighted by molar-refractivity contribution is 7.20. The summed E-state index contributed by atoms with van der Waals surface area (Å²) in [4.78, 5) is 37.9. The maximum Gasteiger partial charge on any atom is 0.428 e. The Morgan fingerprint density at radius 3 is 2.59 bits per heavy atom. The highest BCUT2D eigenvalue weighted by Gasteiger charge is 2.30. The van der Waals surface area contributed by atoms with Crippen LogP contribution in [0.3, 0.4) is 0 Å². The Morgan fingerprint density at radius 2 is 2.03 bits per heavy atom. The smallest absolute Gasteiger partial charge is 0.428 e. The van der Waals surface area contributed by atoms with Crippen molar-refractivity contribution in [3.63, 3.8) is 0 Å². The lowest BCUT2D eigenvalue weighted by atomic mass is 10.2. The van der Waals surface area contributed by atoms with Crippen LogP contribution in [0.4, 0.5) is 13.6 Å². The van der Waals surface area contributed by atoms with E-state index in [1.807, 2.05) is 0 Å². The van der Waals surface area contributed by atoms with Crippen LogP contribution in [0.5, 0.6) is 0 Å². The number of thiophene rings is 1. The molecule has 0 bridgehead atoms. The molecule has 11 heteroatoms. The van der Waals surface area contributed by atoms with Gasteiger partial charge in [0.15, 0.2) is 0 Å². The summed E-state index contributed by atoms with van der Waals surface area (Å²) < 4.78 is 33.3. The molecule has 1 N–H and O–H groups in total. The first-order valence-corrected chi connectivity index (χ1v) is 9.90. The SMILES string of the molecule is Cc1c(C=NNC(=O)OC(C)(C)C)sc2c1c(=O)n(C1CC1)c(=O)n2CC(F)F. The Labute approximate surface area is 168 Å². The zero-order valence-electron chi connectivity index (χ0n) is 16.5. The quantitative estimate of drug-likeness (QED) is 0.585. The first kappa shape index (κ1) is 21.2. The van der Waals surface area contributed by atoms with Crippen molar-refractivity contribution >= 4 is 33.9 Å². The number of halogens is 2. The molecule has 2 heterocycles. The van der Waals surface area contributed by atoms with Gasteiger partial charge in [-0.2, -0.15) is 5.10 Å². The van der Waals surface area contributed by atoms with Crippen molar-refractivity contribution in [1.82, 2.24) is 14.6 Å². The third-order valence-electron chi connectivity index (χ3n) is 4.25. The van der Waals surface area contributed by atoms with Crippen LogP contribution in [-0.4, -0.2) is 33.5 Å². The third-order valence-corrected chi connectivity index (χ3v) is 5.50. The summed E-state index contributed by atoms with van der Waals surface area (Å²) in [6.45, 7) is 5.98. The van der Waals surface area contributed by atoms with E-state index in [0.717, 1.165) is 20.5 Å². The average Bonchev–Trinajstić information content (AvgIpc) is 3.34. The van der Waals surface area contributed by atoms with Crippen molar-refractivity contribution < 1.29 is 18.3 Å². The molecular formula is C18H22F2N4O4S. The van der Waals surface area contributed by atoms with Gasteiger partial charge in [-0.1, -0.05) is 0 Å². The predicted octanol–water partition coefficient (Wildman–Crippen LogP) is 2.99. The molecule has 2 aromatic heterocycles. The zero-order valence-corrected chi connectivity index (χ0v) is 17.3. The number of carbonyl (C=O) groups is 1. The van der Waals surface area contributed by atoms with Gasteiger partial charge in [-0.05, 0) is 46.1 Å². The number of hydrogen-bond acceptors (Lipinski definition) is 6. The van der Waals surface area contributed by atoms with E-state index in [1.165, 1.54) is 6.21 Å². The molecule has 8 nitrogen and oxygen atoms in total. The fraction of sp³-hybridized carbons (Fsp3) is 0.556. The monoisotopic (exact) mass is 428 g/mol. The summed E-state index contributed by atoms with van der Waals surface area (Å²) >= 11 is 1.00. The summed E-state index contributed by atoms with van der Waals surface area (Å²) in [5.74, 6) is 0. The van der Waals surface area contributed by atoms with Gasteiger partial charge in [0.2, 0.25) is 0 Å². The fourth-order valence-electron chi connectivity index (χ4n) is 2.90. The van der Waals surface area contributed by atoms with E-state index in [0.29, 0.717) is 23.3 Å². The summed E-state index contributed by atoms with van der Waals surface area (Å²) in [6.07, 6.45) is -0.839. The maximum absolute atomic E-state index is 13.1. The summed E-state index contributed by atoms with van der Waals surface area (Å²) in [5.41, 5.74) is 0.842. The standard InChI is InChI=1S/C18H22F2N4O4S/c1-9-11(7-21-22-16(26)28-18(2,3)4)29-15-13(9)14(25)24(10-5-6-10)17(27)23(15)8-12(19)20/h7,10,12H,5-6,8H2,1-4H3,(H,22,26). The molecule has 0 aromatic carbocycles. The Hall–Kier alpha value is -2.56. The van der Waals surface area contributed by atoms with Crippen molar-refractivity contribution in [2.75, 3.05) is 0 Å². The van der Waals surface area contributed by atoms with E-state index >= 15 is 0 Å². The normalized spacial score (nSPS) is 14.9. The lowest BCUT2D eigenvalue weighted by Crippen LogP contribution is -2.40. The van der Waals surface area contributed by atoms with E-state index in [-0.39, 0.29) is 16.3 Å². The van der Waals surface area contributed by atoms with Gasteiger partial charge in [-0.15, -0.1) is 11.3 Å². The van der Waals surface area contributed by atoms with E-state index in [9.17, 15) is 23.2 Å². The van der Waals surface area contributed by atoms with Gasteiger partial charge in [0, 0.05) is 6.04 Å². The minimum Gasteiger partial charge on any atom is -0.443 e. The largest absolute Gasteiger partial charge is 0.443 e. The molecule has 0 atom stereocenters. The molecule has 1 aliphatic carbocycles. The van der Waals surface area contributed by atoms with Crippen molar-refractivity contribution in [2.24, 2.45) is 5.10 Å². The van der Waals surface area contributed by atoms with Gasteiger partial charge < -0.3 is 4.74 Å². The van der Waals surface area contributed by atoms with Crippen LogP contribution in [0.1, 0.15) is 50.1 Å². The Kier molecular flexibility index (Phi) is 5.61. The second-order valence-electron chi connectivity index (χ2n) is 7.83. The van der Waals surface area contributed by atoms with Crippen LogP contribution in [-0.2, 0) is 11.3 Å².